The Morgan fingerprint density at radius 2 is 2.18 bits per heavy atom. The highest BCUT2D eigenvalue weighted by atomic mass is 16.3. The number of phenols is 1. The van der Waals surface area contributed by atoms with Crippen LogP contribution < -0.4 is 5.32 Å². The minimum Gasteiger partial charge on any atom is -0.508 e. The quantitative estimate of drug-likeness (QED) is 0.791. The lowest BCUT2D eigenvalue weighted by molar-refractivity contribution is 0.289. The molecule has 1 saturated carbocycles. The first-order valence-electron chi connectivity index (χ1n) is 6.63. The first-order chi connectivity index (χ1) is 8.11. The van der Waals surface area contributed by atoms with Crippen molar-refractivity contribution >= 4 is 0 Å². The van der Waals surface area contributed by atoms with Gasteiger partial charge in [0.15, 0.2) is 0 Å². The van der Waals surface area contributed by atoms with E-state index < -0.39 is 0 Å². The fraction of sp³-hybridized carbons (Fsp3) is 0.600. The molecular weight excluding hydrogens is 210 g/mol. The molecule has 0 aliphatic heterocycles. The Morgan fingerprint density at radius 3 is 2.76 bits per heavy atom. The van der Waals surface area contributed by atoms with Crippen molar-refractivity contribution in [3.63, 3.8) is 0 Å². The smallest absolute Gasteiger partial charge is 0.115 e. The third kappa shape index (κ3) is 3.74. The summed E-state index contributed by atoms with van der Waals surface area (Å²) in [5.74, 6) is 0.371. The highest BCUT2D eigenvalue weighted by Crippen LogP contribution is 2.29. The summed E-state index contributed by atoms with van der Waals surface area (Å²) in [6.07, 6.45) is 4.86. The minimum atomic E-state index is 0.288. The number of hydrogen-bond donors (Lipinski definition) is 2. The number of phenolic OH excluding ortho intramolecular Hbond substituents is 1. The molecule has 0 aromatic heterocycles. The number of hydrogen-bond acceptors (Lipinski definition) is 2. The van der Waals surface area contributed by atoms with E-state index in [2.05, 4.69) is 25.2 Å². The van der Waals surface area contributed by atoms with Crippen LogP contribution in [-0.4, -0.2) is 17.7 Å². The Kier molecular flexibility index (Phi) is 3.72. The Hall–Kier alpha value is -1.02. The zero-order chi connectivity index (χ0) is 12.3. The second kappa shape index (κ2) is 5.09. The van der Waals surface area contributed by atoms with Crippen LogP contribution in [0.1, 0.15) is 38.7 Å². The third-order valence-corrected chi connectivity index (χ3v) is 3.79. The van der Waals surface area contributed by atoms with Gasteiger partial charge >= 0.3 is 0 Å². The molecule has 1 aliphatic rings. The third-order valence-electron chi connectivity index (χ3n) is 3.79. The highest BCUT2D eigenvalue weighted by Gasteiger charge is 2.27. The second-order valence-electron chi connectivity index (χ2n) is 5.67. The molecule has 0 saturated heterocycles. The van der Waals surface area contributed by atoms with Gasteiger partial charge in [0.25, 0.3) is 0 Å². The molecule has 2 nitrogen and oxygen atoms in total. The van der Waals surface area contributed by atoms with E-state index in [0.717, 1.165) is 25.4 Å². The lowest BCUT2D eigenvalue weighted by atomic mass is 9.81. The monoisotopic (exact) mass is 233 g/mol. The van der Waals surface area contributed by atoms with Crippen molar-refractivity contribution < 1.29 is 5.11 Å². The van der Waals surface area contributed by atoms with Crippen molar-refractivity contribution in [2.24, 2.45) is 5.41 Å². The highest BCUT2D eigenvalue weighted by molar-refractivity contribution is 5.27. The van der Waals surface area contributed by atoms with Crippen molar-refractivity contribution in [3.8, 4) is 5.75 Å². The van der Waals surface area contributed by atoms with Gasteiger partial charge in [-0.25, -0.2) is 0 Å². The van der Waals surface area contributed by atoms with Crippen LogP contribution in [0.15, 0.2) is 24.3 Å². The van der Waals surface area contributed by atoms with Gasteiger partial charge < -0.3 is 10.4 Å². The standard InChI is InChI=1S/C15H23NO/c1-3-15(2,11-16-13-7-8-13)10-12-5-4-6-14(17)9-12/h4-6,9,13,16-17H,3,7-8,10-11H2,1-2H3. The molecule has 94 valence electrons. The fourth-order valence-electron chi connectivity index (χ4n) is 2.15. The molecule has 0 amide bonds. The first-order valence-corrected chi connectivity index (χ1v) is 6.63. The van der Waals surface area contributed by atoms with E-state index in [1.807, 2.05) is 12.1 Å². The fourth-order valence-corrected chi connectivity index (χ4v) is 2.15. The SMILES string of the molecule is CCC(C)(CNC1CC1)Cc1cccc(O)c1. The van der Waals surface area contributed by atoms with Gasteiger partial charge in [0, 0.05) is 12.6 Å². The van der Waals surface area contributed by atoms with Gasteiger partial charge in [0.2, 0.25) is 0 Å². The van der Waals surface area contributed by atoms with Crippen LogP contribution >= 0.6 is 0 Å². The molecule has 17 heavy (non-hydrogen) atoms. The lowest BCUT2D eigenvalue weighted by Crippen LogP contribution is -2.34. The average Bonchev–Trinajstić information content (AvgIpc) is 3.10. The molecule has 2 heteroatoms. The predicted octanol–water partition coefficient (Wildman–Crippen LogP) is 3.10. The number of rotatable bonds is 6. The van der Waals surface area contributed by atoms with Crippen LogP contribution in [-0.2, 0) is 6.42 Å². The van der Waals surface area contributed by atoms with Crippen LogP contribution in [0.2, 0.25) is 0 Å². The van der Waals surface area contributed by atoms with Crippen LogP contribution in [0.25, 0.3) is 0 Å². The van der Waals surface area contributed by atoms with Crippen molar-refractivity contribution in [2.75, 3.05) is 6.54 Å². The molecule has 2 rings (SSSR count). The van der Waals surface area contributed by atoms with Gasteiger partial charge in [0.1, 0.15) is 5.75 Å². The van der Waals surface area contributed by atoms with E-state index in [1.165, 1.54) is 18.4 Å². The average molecular weight is 233 g/mol. The maximum Gasteiger partial charge on any atom is 0.115 e. The zero-order valence-corrected chi connectivity index (χ0v) is 10.9. The van der Waals surface area contributed by atoms with Gasteiger partial charge in [-0.15, -0.1) is 0 Å². The van der Waals surface area contributed by atoms with E-state index in [0.29, 0.717) is 5.75 Å². The molecule has 1 aromatic rings. The Labute approximate surface area is 104 Å². The molecule has 1 atom stereocenters. The molecule has 1 fully saturated rings. The van der Waals surface area contributed by atoms with Crippen molar-refractivity contribution in [3.05, 3.63) is 29.8 Å². The van der Waals surface area contributed by atoms with E-state index in [-0.39, 0.29) is 5.41 Å². The summed E-state index contributed by atoms with van der Waals surface area (Å²) >= 11 is 0. The van der Waals surface area contributed by atoms with E-state index >= 15 is 0 Å². The molecule has 1 aliphatic carbocycles. The lowest BCUT2D eigenvalue weighted by Gasteiger charge is -2.29. The van der Waals surface area contributed by atoms with Crippen LogP contribution in [0.5, 0.6) is 5.75 Å². The molecular formula is C15H23NO. The topological polar surface area (TPSA) is 32.3 Å². The normalized spacial score (nSPS) is 18.9. The number of aromatic hydroxyl groups is 1. The number of benzene rings is 1. The van der Waals surface area contributed by atoms with Gasteiger partial charge in [-0.05, 0) is 48.8 Å². The molecule has 0 heterocycles. The van der Waals surface area contributed by atoms with Crippen LogP contribution in [0.3, 0.4) is 0 Å². The predicted molar refractivity (Wildman–Crippen MR) is 71.2 cm³/mol. The summed E-state index contributed by atoms with van der Waals surface area (Å²) in [5.41, 5.74) is 1.52. The maximum atomic E-state index is 9.50. The van der Waals surface area contributed by atoms with E-state index in [1.54, 1.807) is 6.07 Å². The molecule has 0 radical (unpaired) electrons. The Bertz CT molecular complexity index is 373. The summed E-state index contributed by atoms with van der Waals surface area (Å²) in [7, 11) is 0. The molecule has 1 aromatic carbocycles. The summed E-state index contributed by atoms with van der Waals surface area (Å²) < 4.78 is 0. The van der Waals surface area contributed by atoms with Gasteiger partial charge in [-0.1, -0.05) is 26.0 Å². The Morgan fingerprint density at radius 1 is 1.41 bits per heavy atom. The Balaban J connectivity index is 1.96. The van der Waals surface area contributed by atoms with Gasteiger partial charge in [0.05, 0.1) is 0 Å². The summed E-state index contributed by atoms with van der Waals surface area (Å²) in [4.78, 5) is 0. The second-order valence-corrected chi connectivity index (χ2v) is 5.67. The van der Waals surface area contributed by atoms with Crippen molar-refractivity contribution in [2.45, 2.75) is 45.6 Å². The largest absolute Gasteiger partial charge is 0.508 e. The van der Waals surface area contributed by atoms with Crippen molar-refractivity contribution in [1.82, 2.24) is 5.32 Å². The molecule has 0 spiro atoms. The van der Waals surface area contributed by atoms with Crippen LogP contribution in [0.4, 0.5) is 0 Å². The maximum absolute atomic E-state index is 9.50. The summed E-state index contributed by atoms with van der Waals surface area (Å²) in [6.45, 7) is 5.65. The van der Waals surface area contributed by atoms with E-state index in [9.17, 15) is 5.11 Å². The summed E-state index contributed by atoms with van der Waals surface area (Å²) in [6, 6.07) is 8.41. The zero-order valence-electron chi connectivity index (χ0n) is 10.9. The molecule has 2 N–H and O–H groups in total. The molecule has 1 unspecified atom stereocenters. The first kappa shape index (κ1) is 12.4. The van der Waals surface area contributed by atoms with Gasteiger partial charge in [-0.3, -0.25) is 0 Å². The van der Waals surface area contributed by atoms with Crippen LogP contribution in [0, 0.1) is 5.41 Å². The minimum absolute atomic E-state index is 0.288. The number of nitrogens with one attached hydrogen (secondary N) is 1. The van der Waals surface area contributed by atoms with Gasteiger partial charge in [-0.2, -0.15) is 0 Å². The van der Waals surface area contributed by atoms with E-state index in [4.69, 9.17) is 0 Å². The molecule has 0 bridgehead atoms. The van der Waals surface area contributed by atoms with Crippen molar-refractivity contribution in [1.29, 1.82) is 0 Å². The summed E-state index contributed by atoms with van der Waals surface area (Å²) in [5, 5.41) is 13.1.